The zero-order valence-corrected chi connectivity index (χ0v) is 18.1. The Kier molecular flexibility index (Phi) is 6.33. The number of hydrogen-bond acceptors (Lipinski definition) is 9. The second-order valence-electron chi connectivity index (χ2n) is 5.52. The number of anilines is 1. The molecule has 8 nitrogen and oxygen atoms in total. The number of carboxylic acids is 1. The summed E-state index contributed by atoms with van der Waals surface area (Å²) in [6, 6.07) is 4.92. The molecular formula is C16H16N4O4S4. The maximum atomic E-state index is 12.7. The van der Waals surface area contributed by atoms with Crippen molar-refractivity contribution in [3.8, 4) is 10.6 Å². The van der Waals surface area contributed by atoms with E-state index in [1.165, 1.54) is 24.0 Å². The largest absolute Gasteiger partial charge is 0.481 e. The molecule has 0 saturated carbocycles. The molecule has 28 heavy (non-hydrogen) atoms. The SMILES string of the molecule is CCC(C(=O)O)c1cnc(NS(=O)(=O)c2ccc(-c3ccnc(SC)n3)s2)s1. The Morgan fingerprint density at radius 3 is 2.75 bits per heavy atom. The van der Waals surface area contributed by atoms with Crippen molar-refractivity contribution in [2.24, 2.45) is 0 Å². The van der Waals surface area contributed by atoms with Gasteiger partial charge in [-0.1, -0.05) is 18.7 Å². The van der Waals surface area contributed by atoms with Crippen LogP contribution in [0.25, 0.3) is 10.6 Å². The fourth-order valence-electron chi connectivity index (χ4n) is 2.34. The molecule has 1 atom stereocenters. The topological polar surface area (TPSA) is 122 Å². The molecule has 0 aliphatic heterocycles. The van der Waals surface area contributed by atoms with Crippen LogP contribution < -0.4 is 4.72 Å². The lowest BCUT2D eigenvalue weighted by Crippen LogP contribution is -2.11. The van der Waals surface area contributed by atoms with Crippen molar-refractivity contribution in [1.82, 2.24) is 15.0 Å². The summed E-state index contributed by atoms with van der Waals surface area (Å²) in [4.78, 5) is 25.0. The van der Waals surface area contributed by atoms with Crippen LogP contribution in [-0.4, -0.2) is 40.7 Å². The van der Waals surface area contributed by atoms with E-state index < -0.39 is 21.9 Å². The highest BCUT2D eigenvalue weighted by Gasteiger charge is 2.23. The summed E-state index contributed by atoms with van der Waals surface area (Å²) < 4.78 is 27.9. The highest BCUT2D eigenvalue weighted by Crippen LogP contribution is 2.33. The van der Waals surface area contributed by atoms with Gasteiger partial charge in [0, 0.05) is 17.3 Å². The summed E-state index contributed by atoms with van der Waals surface area (Å²) in [7, 11) is -3.84. The first kappa shape index (κ1) is 20.7. The second-order valence-corrected chi connectivity index (χ2v) is 10.3. The number of nitrogens with one attached hydrogen (secondary N) is 1. The van der Waals surface area contributed by atoms with E-state index >= 15 is 0 Å². The minimum atomic E-state index is -3.84. The molecule has 3 rings (SSSR count). The molecule has 3 heterocycles. The molecule has 0 amide bonds. The van der Waals surface area contributed by atoms with Gasteiger partial charge in [0.15, 0.2) is 10.3 Å². The molecule has 12 heteroatoms. The second kappa shape index (κ2) is 8.55. The third-order valence-electron chi connectivity index (χ3n) is 3.71. The normalized spacial score (nSPS) is 12.6. The Bertz CT molecular complexity index is 1090. The van der Waals surface area contributed by atoms with Gasteiger partial charge in [-0.25, -0.2) is 23.4 Å². The van der Waals surface area contributed by atoms with Gasteiger partial charge in [0.1, 0.15) is 4.21 Å². The van der Waals surface area contributed by atoms with Crippen LogP contribution in [0, 0.1) is 0 Å². The minimum absolute atomic E-state index is 0.119. The Labute approximate surface area is 174 Å². The highest BCUT2D eigenvalue weighted by molar-refractivity contribution is 7.98. The Morgan fingerprint density at radius 1 is 1.29 bits per heavy atom. The number of sulfonamides is 1. The number of thiophene rings is 1. The van der Waals surface area contributed by atoms with Gasteiger partial charge in [0.2, 0.25) is 0 Å². The maximum absolute atomic E-state index is 12.7. The summed E-state index contributed by atoms with van der Waals surface area (Å²) in [5.74, 6) is -1.66. The van der Waals surface area contributed by atoms with Gasteiger partial charge in [-0.2, -0.15) is 0 Å². The van der Waals surface area contributed by atoms with Crippen molar-refractivity contribution in [1.29, 1.82) is 0 Å². The van der Waals surface area contributed by atoms with Crippen LogP contribution in [0.1, 0.15) is 24.1 Å². The number of nitrogens with zero attached hydrogens (tertiary/aromatic N) is 3. The molecule has 3 aromatic rings. The van der Waals surface area contributed by atoms with Crippen LogP contribution >= 0.6 is 34.4 Å². The van der Waals surface area contributed by atoms with Gasteiger partial charge in [-0.05, 0) is 30.9 Å². The number of aliphatic carboxylic acids is 1. The third-order valence-corrected chi connectivity index (χ3v) is 8.37. The molecule has 0 aliphatic carbocycles. The number of rotatable bonds is 8. The van der Waals surface area contributed by atoms with Crippen LogP contribution in [0.4, 0.5) is 5.13 Å². The molecular weight excluding hydrogens is 440 g/mol. The van der Waals surface area contributed by atoms with Crippen LogP contribution in [0.5, 0.6) is 0 Å². The summed E-state index contributed by atoms with van der Waals surface area (Å²) in [6.45, 7) is 1.76. The zero-order valence-electron chi connectivity index (χ0n) is 14.8. The highest BCUT2D eigenvalue weighted by atomic mass is 32.2. The molecule has 2 N–H and O–H groups in total. The number of thiazole rings is 1. The molecule has 0 fully saturated rings. The smallest absolute Gasteiger partial charge is 0.311 e. The fourth-order valence-corrected chi connectivity index (χ4v) is 6.20. The van der Waals surface area contributed by atoms with E-state index in [0.29, 0.717) is 27.0 Å². The van der Waals surface area contributed by atoms with Gasteiger partial charge in [0.25, 0.3) is 10.0 Å². The number of hydrogen-bond donors (Lipinski definition) is 2. The standard InChI is InChI=1S/C16H16N4O4S4/c1-3-9(14(21)22)12-8-18-16(27-12)20-28(23,24)13-5-4-11(26-13)10-6-7-17-15(19-10)25-2/h4-9H,3H2,1-2H3,(H,18,20)(H,21,22). The van der Waals surface area contributed by atoms with Crippen molar-refractivity contribution in [2.75, 3.05) is 11.0 Å². The van der Waals surface area contributed by atoms with Crippen molar-refractivity contribution in [3.05, 3.63) is 35.5 Å². The molecule has 0 radical (unpaired) electrons. The first-order valence-electron chi connectivity index (χ1n) is 8.02. The predicted octanol–water partition coefficient (Wildman–Crippen LogP) is 3.76. The number of carbonyl (C=O) groups is 1. The molecule has 0 bridgehead atoms. The number of carboxylic acid groups (broad SMARTS) is 1. The average molecular weight is 457 g/mol. The van der Waals surface area contributed by atoms with Gasteiger partial charge in [0.05, 0.1) is 16.5 Å². The van der Waals surface area contributed by atoms with Crippen molar-refractivity contribution >= 4 is 55.6 Å². The molecule has 3 aromatic heterocycles. The van der Waals surface area contributed by atoms with Gasteiger partial charge < -0.3 is 5.11 Å². The van der Waals surface area contributed by atoms with E-state index in [1.807, 2.05) is 6.26 Å². The summed E-state index contributed by atoms with van der Waals surface area (Å²) in [5.41, 5.74) is 0.648. The van der Waals surface area contributed by atoms with Gasteiger partial charge >= 0.3 is 5.97 Å². The number of aromatic nitrogens is 3. The van der Waals surface area contributed by atoms with Crippen molar-refractivity contribution in [2.45, 2.75) is 28.6 Å². The summed E-state index contributed by atoms with van der Waals surface area (Å²) in [6.07, 6.45) is 5.29. The Morgan fingerprint density at radius 2 is 2.07 bits per heavy atom. The fraction of sp³-hybridized carbons (Fsp3) is 0.250. The van der Waals surface area contributed by atoms with E-state index in [-0.39, 0.29) is 9.34 Å². The predicted molar refractivity (Wildman–Crippen MR) is 111 cm³/mol. The molecule has 0 aliphatic rings. The monoisotopic (exact) mass is 456 g/mol. The Balaban J connectivity index is 1.81. The summed E-state index contributed by atoms with van der Waals surface area (Å²) >= 11 is 3.51. The van der Waals surface area contributed by atoms with Crippen LogP contribution in [-0.2, 0) is 14.8 Å². The van der Waals surface area contributed by atoms with Crippen molar-refractivity contribution in [3.63, 3.8) is 0 Å². The minimum Gasteiger partial charge on any atom is -0.481 e. The van der Waals surface area contributed by atoms with Crippen molar-refractivity contribution < 1.29 is 18.3 Å². The summed E-state index contributed by atoms with van der Waals surface area (Å²) in [5, 5.41) is 9.96. The van der Waals surface area contributed by atoms with E-state index in [1.54, 1.807) is 25.3 Å². The molecule has 0 aromatic carbocycles. The van der Waals surface area contributed by atoms with Crippen LogP contribution in [0.3, 0.4) is 0 Å². The lowest BCUT2D eigenvalue weighted by Gasteiger charge is -2.05. The first-order valence-corrected chi connectivity index (χ1v) is 12.4. The van der Waals surface area contributed by atoms with E-state index in [2.05, 4.69) is 19.7 Å². The van der Waals surface area contributed by atoms with E-state index in [0.717, 1.165) is 22.7 Å². The molecule has 1 unspecified atom stereocenters. The average Bonchev–Trinajstić information content (AvgIpc) is 3.32. The molecule has 148 valence electrons. The molecule has 0 saturated heterocycles. The van der Waals surface area contributed by atoms with Gasteiger partial charge in [-0.3, -0.25) is 9.52 Å². The number of thioether (sulfide) groups is 1. The lowest BCUT2D eigenvalue weighted by molar-refractivity contribution is -0.138. The molecule has 0 spiro atoms. The maximum Gasteiger partial charge on any atom is 0.311 e. The quantitative estimate of drug-likeness (QED) is 0.388. The van der Waals surface area contributed by atoms with Gasteiger partial charge in [-0.15, -0.1) is 22.7 Å². The van der Waals surface area contributed by atoms with E-state index in [9.17, 15) is 18.3 Å². The Hall–Kier alpha value is -2.02. The van der Waals surface area contributed by atoms with Crippen LogP contribution in [0.2, 0.25) is 0 Å². The third kappa shape index (κ3) is 4.51. The van der Waals surface area contributed by atoms with E-state index in [4.69, 9.17) is 0 Å². The van der Waals surface area contributed by atoms with Crippen LogP contribution in [0.15, 0.2) is 40.0 Å². The first-order chi connectivity index (χ1) is 13.3. The zero-order chi connectivity index (χ0) is 20.3. The lowest BCUT2D eigenvalue weighted by atomic mass is 10.1.